The predicted molar refractivity (Wildman–Crippen MR) is 122 cm³/mol. The zero-order chi connectivity index (χ0) is 22.1. The summed E-state index contributed by atoms with van der Waals surface area (Å²) in [4.78, 5) is 26.0. The van der Waals surface area contributed by atoms with Gasteiger partial charge in [0.05, 0.1) is 5.69 Å². The van der Waals surface area contributed by atoms with Gasteiger partial charge in [0, 0.05) is 38.6 Å². The predicted octanol–water partition coefficient (Wildman–Crippen LogP) is 2.84. The summed E-state index contributed by atoms with van der Waals surface area (Å²) < 4.78 is 1.87. The summed E-state index contributed by atoms with van der Waals surface area (Å²) in [5.74, 6) is 2.18. The van der Waals surface area contributed by atoms with Crippen LogP contribution in [0.25, 0.3) is 5.65 Å². The number of aromatic nitrogens is 5. The number of carbonyl (C=O) groups excluding carboxylic acids is 1. The van der Waals surface area contributed by atoms with E-state index >= 15 is 0 Å². The molecule has 9 heteroatoms. The first-order chi connectivity index (χ1) is 15.6. The Bertz CT molecular complexity index is 1240. The molecule has 0 aliphatic carbocycles. The number of nitrogens with zero attached hydrogens (tertiary/aromatic N) is 7. The maximum Gasteiger partial charge on any atom is 0.272 e. The Morgan fingerprint density at radius 3 is 2.47 bits per heavy atom. The molecule has 0 atom stereocenters. The van der Waals surface area contributed by atoms with Crippen molar-refractivity contribution in [3.8, 4) is 0 Å². The van der Waals surface area contributed by atoms with Gasteiger partial charge in [-0.3, -0.25) is 9.20 Å². The fraction of sp³-hybridized carbons (Fsp3) is 0.261. The number of pyridine rings is 2. The maximum absolute atomic E-state index is 13.2. The first-order valence-electron chi connectivity index (χ1n) is 10.6. The fourth-order valence-corrected chi connectivity index (χ4v) is 3.89. The molecule has 4 aromatic heterocycles. The van der Waals surface area contributed by atoms with E-state index in [2.05, 4.69) is 30.4 Å². The molecular formula is C23H24N8O. The lowest BCUT2D eigenvalue weighted by Crippen LogP contribution is -2.49. The van der Waals surface area contributed by atoms with E-state index in [1.165, 1.54) is 0 Å². The van der Waals surface area contributed by atoms with E-state index in [0.717, 1.165) is 28.5 Å². The second-order valence-corrected chi connectivity index (χ2v) is 7.88. The van der Waals surface area contributed by atoms with Gasteiger partial charge in [-0.05, 0) is 49.7 Å². The summed E-state index contributed by atoms with van der Waals surface area (Å²) in [7, 11) is 0. The van der Waals surface area contributed by atoms with Crippen LogP contribution in [0.1, 0.15) is 21.7 Å². The lowest BCUT2D eigenvalue weighted by molar-refractivity contribution is 0.0738. The Hall–Kier alpha value is -4.01. The van der Waals surface area contributed by atoms with Crippen LogP contribution < -0.4 is 10.2 Å². The quantitative estimate of drug-likeness (QED) is 0.534. The fourth-order valence-electron chi connectivity index (χ4n) is 3.89. The number of piperazine rings is 1. The zero-order valence-electron chi connectivity index (χ0n) is 18.1. The van der Waals surface area contributed by atoms with Gasteiger partial charge in [-0.1, -0.05) is 12.1 Å². The number of amides is 1. The van der Waals surface area contributed by atoms with Gasteiger partial charge >= 0.3 is 0 Å². The van der Waals surface area contributed by atoms with Crippen LogP contribution >= 0.6 is 0 Å². The zero-order valence-corrected chi connectivity index (χ0v) is 18.1. The van der Waals surface area contributed by atoms with E-state index in [1.807, 2.05) is 71.8 Å². The van der Waals surface area contributed by atoms with Crippen LogP contribution in [0.5, 0.6) is 0 Å². The van der Waals surface area contributed by atoms with Crippen LogP contribution in [-0.2, 0) is 0 Å². The van der Waals surface area contributed by atoms with E-state index in [4.69, 9.17) is 0 Å². The summed E-state index contributed by atoms with van der Waals surface area (Å²) in [6, 6.07) is 13.5. The number of fused-ring (bicyclic) bond motifs is 1. The average Bonchev–Trinajstić information content (AvgIpc) is 3.16. The van der Waals surface area contributed by atoms with Gasteiger partial charge in [-0.25, -0.2) is 9.97 Å². The largest absolute Gasteiger partial charge is 0.352 e. The smallest absolute Gasteiger partial charge is 0.272 e. The minimum atomic E-state index is 0.0112. The van der Waals surface area contributed by atoms with Crippen molar-refractivity contribution >= 4 is 29.0 Å². The lowest BCUT2D eigenvalue weighted by atomic mass is 10.2. The van der Waals surface area contributed by atoms with Gasteiger partial charge in [0.25, 0.3) is 5.91 Å². The van der Waals surface area contributed by atoms with Gasteiger partial charge in [-0.15, -0.1) is 10.2 Å². The van der Waals surface area contributed by atoms with E-state index in [9.17, 15) is 4.79 Å². The van der Waals surface area contributed by atoms with Gasteiger partial charge in [-0.2, -0.15) is 0 Å². The van der Waals surface area contributed by atoms with E-state index in [0.29, 0.717) is 37.7 Å². The number of anilines is 3. The molecular weight excluding hydrogens is 404 g/mol. The summed E-state index contributed by atoms with van der Waals surface area (Å²) in [6.45, 7) is 6.51. The highest BCUT2D eigenvalue weighted by atomic mass is 16.2. The number of aryl methyl sites for hydroxylation is 2. The van der Waals surface area contributed by atoms with E-state index < -0.39 is 0 Å². The lowest BCUT2D eigenvalue weighted by Gasteiger charge is -2.35. The topological polar surface area (TPSA) is 91.5 Å². The molecule has 5 heterocycles. The third-order valence-electron chi connectivity index (χ3n) is 5.62. The molecule has 1 N–H and O–H groups in total. The summed E-state index contributed by atoms with van der Waals surface area (Å²) in [5, 5.41) is 11.8. The van der Waals surface area contributed by atoms with Crippen molar-refractivity contribution in [3.05, 3.63) is 71.8 Å². The van der Waals surface area contributed by atoms with Crippen molar-refractivity contribution < 1.29 is 4.79 Å². The molecule has 32 heavy (non-hydrogen) atoms. The second-order valence-electron chi connectivity index (χ2n) is 7.88. The van der Waals surface area contributed by atoms with Gasteiger partial charge in [0.1, 0.15) is 17.2 Å². The maximum atomic E-state index is 13.2. The summed E-state index contributed by atoms with van der Waals surface area (Å²) in [5.41, 5.74) is 3.28. The highest BCUT2D eigenvalue weighted by Gasteiger charge is 2.26. The molecule has 1 aliphatic heterocycles. The monoisotopic (exact) mass is 428 g/mol. The number of carbonyl (C=O) groups is 1. The Balaban J connectivity index is 1.23. The van der Waals surface area contributed by atoms with Crippen LogP contribution in [0.3, 0.4) is 0 Å². The molecule has 4 aromatic rings. The average molecular weight is 429 g/mol. The first kappa shape index (κ1) is 19.9. The first-order valence-corrected chi connectivity index (χ1v) is 10.6. The van der Waals surface area contributed by atoms with Crippen molar-refractivity contribution in [2.45, 2.75) is 13.8 Å². The molecule has 0 bridgehead atoms. The molecule has 162 valence electrons. The molecule has 0 spiro atoms. The van der Waals surface area contributed by atoms with Crippen molar-refractivity contribution in [1.29, 1.82) is 0 Å². The summed E-state index contributed by atoms with van der Waals surface area (Å²) >= 11 is 0. The molecule has 0 saturated carbocycles. The van der Waals surface area contributed by atoms with Crippen molar-refractivity contribution in [2.75, 3.05) is 36.4 Å². The van der Waals surface area contributed by atoms with Crippen LogP contribution in [0.4, 0.5) is 17.5 Å². The number of nitrogens with one attached hydrogen (secondary N) is 1. The summed E-state index contributed by atoms with van der Waals surface area (Å²) in [6.07, 6.45) is 3.69. The molecule has 0 aromatic carbocycles. The minimum absolute atomic E-state index is 0.0112. The molecule has 9 nitrogen and oxygen atoms in total. The highest BCUT2D eigenvalue weighted by molar-refractivity contribution is 5.94. The Morgan fingerprint density at radius 1 is 0.938 bits per heavy atom. The molecule has 1 saturated heterocycles. The van der Waals surface area contributed by atoms with Crippen LogP contribution in [0, 0.1) is 13.8 Å². The highest BCUT2D eigenvalue weighted by Crippen LogP contribution is 2.19. The minimum Gasteiger partial charge on any atom is -0.352 e. The van der Waals surface area contributed by atoms with E-state index in [1.54, 1.807) is 6.20 Å². The van der Waals surface area contributed by atoms with Crippen molar-refractivity contribution in [1.82, 2.24) is 29.5 Å². The Kier molecular flexibility index (Phi) is 5.14. The molecule has 1 amide bonds. The third-order valence-corrected chi connectivity index (χ3v) is 5.62. The number of hydrogen-bond acceptors (Lipinski definition) is 7. The van der Waals surface area contributed by atoms with Crippen molar-refractivity contribution in [2.24, 2.45) is 0 Å². The Morgan fingerprint density at radius 2 is 1.75 bits per heavy atom. The van der Waals surface area contributed by atoms with Crippen LogP contribution in [0.15, 0.2) is 54.9 Å². The molecule has 0 unspecified atom stereocenters. The van der Waals surface area contributed by atoms with Gasteiger partial charge < -0.3 is 15.1 Å². The number of hydrogen-bond donors (Lipinski definition) is 1. The van der Waals surface area contributed by atoms with E-state index in [-0.39, 0.29) is 5.91 Å². The molecule has 0 radical (unpaired) electrons. The SMILES string of the molecule is Cc1ccc(Nc2ccc(N3CCN(C(=O)c4c(C)nc5ccccn45)CC3)nn2)nc1. The molecule has 1 aliphatic rings. The number of imidazole rings is 1. The normalized spacial score (nSPS) is 14.1. The van der Waals surface area contributed by atoms with Gasteiger partial charge in [0.15, 0.2) is 11.6 Å². The third kappa shape index (κ3) is 3.84. The van der Waals surface area contributed by atoms with Crippen LogP contribution in [-0.4, -0.2) is 61.6 Å². The second kappa shape index (κ2) is 8.26. The van der Waals surface area contributed by atoms with Gasteiger partial charge in [0.2, 0.25) is 0 Å². The standard InChI is InChI=1S/C23H24N8O/c1-16-6-7-18(24-15-16)26-19-8-9-21(28-27-19)29-11-13-30(14-12-29)23(32)22-17(2)25-20-5-3-4-10-31(20)22/h3-10,15H,11-14H2,1-2H3,(H,24,26,27). The Labute approximate surface area is 185 Å². The number of rotatable bonds is 4. The molecule has 5 rings (SSSR count). The van der Waals surface area contributed by atoms with Crippen molar-refractivity contribution in [3.63, 3.8) is 0 Å². The van der Waals surface area contributed by atoms with Crippen LogP contribution in [0.2, 0.25) is 0 Å². The molecule has 1 fully saturated rings.